The van der Waals surface area contributed by atoms with Crippen molar-refractivity contribution in [1.82, 2.24) is 0 Å². The number of hydrogen-bond acceptors (Lipinski definition) is 1. The Morgan fingerprint density at radius 2 is 1.20 bits per heavy atom. The van der Waals surface area contributed by atoms with Gasteiger partial charge in [0, 0.05) is 0 Å². The van der Waals surface area contributed by atoms with Crippen molar-refractivity contribution in [3.8, 4) is 16.9 Å². The maximum Gasteiger partial charge on any atom is 0.115 e. The van der Waals surface area contributed by atoms with E-state index >= 15 is 0 Å². The Bertz CT molecular complexity index is 432. The molecule has 0 radical (unpaired) electrons. The molecule has 0 aliphatic heterocycles. The third-order valence-electron chi connectivity index (χ3n) is 1.97. The Hall–Kier alpha value is -1.33. The van der Waals surface area contributed by atoms with Crippen LogP contribution in [0.25, 0.3) is 11.1 Å². The Morgan fingerprint density at radius 3 is 1.60 bits per heavy atom. The van der Waals surface area contributed by atoms with E-state index in [-0.39, 0.29) is 0 Å². The second-order valence-corrected chi connectivity index (χ2v) is 6.20. The largest absolute Gasteiger partial charge is 0.508 e. The molecule has 110 valence electrons. The summed E-state index contributed by atoms with van der Waals surface area (Å²) in [4.78, 5) is 0. The van der Waals surface area contributed by atoms with Gasteiger partial charge in [0.1, 0.15) is 5.75 Å². The van der Waals surface area contributed by atoms with Crippen LogP contribution < -0.4 is 0 Å². The van der Waals surface area contributed by atoms with Gasteiger partial charge >= 0.3 is 0 Å². The van der Waals surface area contributed by atoms with Gasteiger partial charge in [0.05, 0.1) is 0 Å². The molecule has 0 heterocycles. The van der Waals surface area contributed by atoms with Crippen LogP contribution in [-0.4, -0.2) is 10.8 Å². The quantitative estimate of drug-likeness (QED) is 0.663. The topological polar surface area (TPSA) is 20.2 Å². The fourth-order valence-electron chi connectivity index (χ4n) is 1.28. The molecule has 1 atom stereocenters. The molecule has 0 amide bonds. The number of rotatable bonds is 1. The number of phenolic OH excluding ortho intramolecular Hbond substituents is 1. The van der Waals surface area contributed by atoms with Crippen LogP contribution in [0.1, 0.15) is 34.1 Å². The Morgan fingerprint density at radius 1 is 0.850 bits per heavy atom. The second kappa shape index (κ2) is 11.5. The molecule has 0 bridgehead atoms. The molecule has 2 aromatic carbocycles. The average Bonchev–Trinajstić information content (AvgIpc) is 2.41. The molecule has 20 heavy (non-hydrogen) atoms. The van der Waals surface area contributed by atoms with Gasteiger partial charge in [0.15, 0.2) is 0 Å². The molecule has 0 fully saturated rings. The van der Waals surface area contributed by atoms with Crippen molar-refractivity contribution < 1.29 is 5.11 Å². The lowest BCUT2D eigenvalue weighted by Gasteiger charge is -2.00. The Kier molecular flexibility index (Phi) is 10.7. The molecule has 0 saturated carbocycles. The summed E-state index contributed by atoms with van der Waals surface area (Å²) in [6.45, 7) is 8.51. The molecule has 0 spiro atoms. The van der Waals surface area contributed by atoms with Crippen LogP contribution in [0.4, 0.5) is 0 Å². The van der Waals surface area contributed by atoms with Crippen molar-refractivity contribution >= 4 is 9.24 Å². The van der Waals surface area contributed by atoms with Crippen LogP contribution in [0, 0.1) is 0 Å². The van der Waals surface area contributed by atoms with Crippen LogP contribution in [0.3, 0.4) is 0 Å². The van der Waals surface area contributed by atoms with Crippen molar-refractivity contribution in [2.24, 2.45) is 0 Å². The highest BCUT2D eigenvalue weighted by atomic mass is 31.0. The summed E-state index contributed by atoms with van der Waals surface area (Å²) in [5, 5.41) is 9.10. The first-order valence-electron chi connectivity index (χ1n) is 7.11. The van der Waals surface area contributed by atoms with Crippen LogP contribution in [-0.2, 0) is 0 Å². The minimum atomic E-state index is 0.305. The van der Waals surface area contributed by atoms with Crippen LogP contribution in [0.2, 0.25) is 0 Å². The van der Waals surface area contributed by atoms with Crippen molar-refractivity contribution in [3.63, 3.8) is 0 Å². The lowest BCUT2D eigenvalue weighted by Crippen LogP contribution is -1.74. The molecule has 0 aliphatic rings. The van der Waals surface area contributed by atoms with E-state index in [4.69, 9.17) is 5.11 Å². The molecule has 0 aromatic heterocycles. The number of hydrogen-bond donors (Lipinski definition) is 1. The van der Waals surface area contributed by atoms with Crippen molar-refractivity contribution in [2.45, 2.75) is 39.8 Å². The van der Waals surface area contributed by atoms with Crippen molar-refractivity contribution in [1.29, 1.82) is 0 Å². The van der Waals surface area contributed by atoms with E-state index in [1.165, 1.54) is 12.0 Å². The molecular formula is C18H27OP. The van der Waals surface area contributed by atoms with Crippen molar-refractivity contribution in [2.75, 3.05) is 0 Å². The zero-order chi connectivity index (χ0) is 15.4. The summed E-state index contributed by atoms with van der Waals surface area (Å²) in [7, 11) is 2.66. The minimum Gasteiger partial charge on any atom is -0.508 e. The summed E-state index contributed by atoms with van der Waals surface area (Å²) >= 11 is 0. The monoisotopic (exact) mass is 290 g/mol. The predicted molar refractivity (Wildman–Crippen MR) is 94.4 cm³/mol. The van der Waals surface area contributed by atoms with Gasteiger partial charge in [-0.1, -0.05) is 76.6 Å². The number of benzene rings is 2. The second-order valence-electron chi connectivity index (χ2n) is 4.86. The highest BCUT2D eigenvalue weighted by Crippen LogP contribution is 2.20. The summed E-state index contributed by atoms with van der Waals surface area (Å²) in [6.07, 6.45) is 1.25. The Balaban J connectivity index is 0.000000438. The van der Waals surface area contributed by atoms with Gasteiger partial charge in [-0.2, -0.15) is 0 Å². The van der Waals surface area contributed by atoms with Crippen molar-refractivity contribution in [3.05, 3.63) is 54.6 Å². The van der Waals surface area contributed by atoms with Gasteiger partial charge in [0.25, 0.3) is 0 Å². The molecule has 2 heteroatoms. The standard InChI is InChI=1S/C12H10O.C3H9P.C3H8/c13-12-8-6-11(7-9-12)10-4-2-1-3-5-10;1-3(2)4;1-3-2/h1-9,13H;3H,4H2,1-2H3;3H2,1-2H3. The highest BCUT2D eigenvalue weighted by molar-refractivity contribution is 7.17. The molecule has 2 aromatic rings. The van der Waals surface area contributed by atoms with E-state index in [0.717, 1.165) is 11.2 Å². The maximum absolute atomic E-state index is 9.10. The summed E-state index contributed by atoms with van der Waals surface area (Å²) in [6, 6.07) is 17.3. The van der Waals surface area contributed by atoms with Crippen LogP contribution in [0.15, 0.2) is 54.6 Å². The first-order valence-corrected chi connectivity index (χ1v) is 7.77. The lowest BCUT2D eigenvalue weighted by molar-refractivity contribution is 0.475. The maximum atomic E-state index is 9.10. The van der Waals surface area contributed by atoms with Gasteiger partial charge in [-0.05, 0) is 28.9 Å². The van der Waals surface area contributed by atoms with E-state index < -0.39 is 0 Å². The minimum absolute atomic E-state index is 0.305. The fourth-order valence-corrected chi connectivity index (χ4v) is 1.28. The molecule has 2 rings (SSSR count). The van der Waals surface area contributed by atoms with Gasteiger partial charge in [0.2, 0.25) is 0 Å². The molecule has 1 N–H and O–H groups in total. The molecule has 1 nitrogen and oxygen atoms in total. The third-order valence-corrected chi connectivity index (χ3v) is 1.97. The van der Waals surface area contributed by atoms with Gasteiger partial charge in [-0.3, -0.25) is 0 Å². The number of phenols is 1. The van der Waals surface area contributed by atoms with Crippen LogP contribution in [0.5, 0.6) is 5.75 Å². The smallest absolute Gasteiger partial charge is 0.115 e. The van der Waals surface area contributed by atoms with Gasteiger partial charge in [-0.25, -0.2) is 0 Å². The predicted octanol–water partition coefficient (Wildman–Crippen LogP) is 5.75. The normalized spacial score (nSPS) is 9.10. The lowest BCUT2D eigenvalue weighted by atomic mass is 10.1. The van der Waals surface area contributed by atoms with E-state index in [2.05, 4.69) is 36.9 Å². The summed E-state index contributed by atoms with van der Waals surface area (Å²) in [5.74, 6) is 0.305. The third kappa shape index (κ3) is 9.58. The van der Waals surface area contributed by atoms with E-state index in [1.807, 2.05) is 42.5 Å². The summed E-state index contributed by atoms with van der Waals surface area (Å²) in [5.41, 5.74) is 3.04. The zero-order valence-corrected chi connectivity index (χ0v) is 14.2. The molecular weight excluding hydrogens is 263 g/mol. The molecule has 1 unspecified atom stereocenters. The van der Waals surface area contributed by atoms with Gasteiger partial charge in [-0.15, -0.1) is 9.24 Å². The zero-order valence-electron chi connectivity index (χ0n) is 13.0. The van der Waals surface area contributed by atoms with E-state index in [1.54, 1.807) is 12.1 Å². The fraction of sp³-hybridized carbons (Fsp3) is 0.333. The SMILES string of the molecule is CC(C)P.CCC.Oc1ccc(-c2ccccc2)cc1. The number of aromatic hydroxyl groups is 1. The highest BCUT2D eigenvalue weighted by Gasteiger charge is 1.94. The molecule has 0 saturated heterocycles. The Labute approximate surface area is 126 Å². The molecule has 0 aliphatic carbocycles. The van der Waals surface area contributed by atoms with Gasteiger partial charge < -0.3 is 5.11 Å². The first kappa shape index (κ1) is 18.7. The van der Waals surface area contributed by atoms with Crippen LogP contribution >= 0.6 is 9.24 Å². The van der Waals surface area contributed by atoms with E-state index in [0.29, 0.717) is 5.75 Å². The average molecular weight is 290 g/mol. The van der Waals surface area contributed by atoms with E-state index in [9.17, 15) is 0 Å². The first-order chi connectivity index (χ1) is 9.51. The summed E-state index contributed by atoms with van der Waals surface area (Å²) < 4.78 is 0.